The Balaban J connectivity index is 2.45. The topological polar surface area (TPSA) is 46.5 Å². The minimum Gasteiger partial charge on any atom is -0.475 e. The van der Waals surface area contributed by atoms with Gasteiger partial charge in [0.2, 0.25) is 5.76 Å². The molecule has 1 N–H and O–H groups in total. The van der Waals surface area contributed by atoms with Gasteiger partial charge in [-0.05, 0) is 23.4 Å². The van der Waals surface area contributed by atoms with Crippen LogP contribution in [0.4, 0.5) is 0 Å². The molecule has 0 fully saturated rings. The van der Waals surface area contributed by atoms with Gasteiger partial charge in [-0.25, -0.2) is 4.79 Å². The van der Waals surface area contributed by atoms with Crippen LogP contribution in [0.15, 0.2) is 42.5 Å². The van der Waals surface area contributed by atoms with Gasteiger partial charge in [-0.15, -0.1) is 0 Å². The summed E-state index contributed by atoms with van der Waals surface area (Å²) in [7, 11) is 0. The predicted octanol–water partition coefficient (Wildman–Crippen LogP) is 1.21. The van der Waals surface area contributed by atoms with Crippen molar-refractivity contribution in [2.24, 2.45) is 0 Å². The van der Waals surface area contributed by atoms with Crippen LogP contribution in [0, 0.1) is 0 Å². The Morgan fingerprint density at radius 3 is 2.89 bits per heavy atom. The van der Waals surface area contributed by atoms with Crippen molar-refractivity contribution >= 4 is 28.9 Å². The molecule has 0 saturated carbocycles. The first-order chi connectivity index (χ1) is 8.66. The summed E-state index contributed by atoms with van der Waals surface area (Å²) in [6.45, 7) is 0. The number of carbonyl (C=O) groups is 1. The maximum absolute atomic E-state index is 11.2. The monoisotopic (exact) mass is 260 g/mol. The summed E-state index contributed by atoms with van der Waals surface area (Å²) < 4.78 is 5.52. The quantitative estimate of drug-likeness (QED) is 0.826. The number of fused-ring (bicyclic) bond motifs is 2. The molecule has 4 heteroatoms. The first kappa shape index (κ1) is 11.1. The molecule has 0 saturated heterocycles. The number of carboxylic acids is 1. The lowest BCUT2D eigenvalue weighted by molar-refractivity contribution is -0.133. The molecule has 1 aliphatic carbocycles. The van der Waals surface area contributed by atoms with Crippen LogP contribution in [0.1, 0.15) is 0 Å². The van der Waals surface area contributed by atoms with Crippen LogP contribution in [-0.4, -0.2) is 17.2 Å². The number of hydrogen-bond acceptors (Lipinski definition) is 2. The molecule has 1 atom stereocenters. The number of rotatable bonds is 1. The molecular formula is C14H9ClO3. The fraction of sp³-hybridized carbons (Fsp3) is 0.0714. The van der Waals surface area contributed by atoms with Gasteiger partial charge in [0.1, 0.15) is 6.10 Å². The van der Waals surface area contributed by atoms with Crippen LogP contribution in [0.25, 0.3) is 11.3 Å². The summed E-state index contributed by atoms with van der Waals surface area (Å²) in [6, 6.07) is 5.20. The maximum Gasteiger partial charge on any atom is 0.371 e. The van der Waals surface area contributed by atoms with Gasteiger partial charge in [-0.3, -0.25) is 0 Å². The summed E-state index contributed by atoms with van der Waals surface area (Å²) in [5, 5.41) is 11.1. The minimum absolute atomic E-state index is 0.0544. The third kappa shape index (κ3) is 1.64. The molecule has 1 aliphatic heterocycles. The summed E-state index contributed by atoms with van der Waals surface area (Å²) in [5.41, 5.74) is 0.953. The number of hydrogen-bond donors (Lipinski definition) is 1. The van der Waals surface area contributed by atoms with Crippen molar-refractivity contribution in [2.45, 2.75) is 6.10 Å². The molecule has 0 amide bonds. The Morgan fingerprint density at radius 1 is 1.28 bits per heavy atom. The van der Waals surface area contributed by atoms with Crippen LogP contribution in [0.3, 0.4) is 0 Å². The Morgan fingerprint density at radius 2 is 2.11 bits per heavy atom. The second-order valence-corrected chi connectivity index (χ2v) is 4.50. The molecule has 0 radical (unpaired) electrons. The molecule has 90 valence electrons. The molecule has 3 rings (SSSR count). The number of aliphatic carboxylic acids is 1. The van der Waals surface area contributed by atoms with E-state index in [2.05, 4.69) is 0 Å². The van der Waals surface area contributed by atoms with Gasteiger partial charge in [0.25, 0.3) is 0 Å². The number of carboxylic acid groups (broad SMARTS) is 1. The van der Waals surface area contributed by atoms with Crippen LogP contribution >= 0.6 is 11.6 Å². The van der Waals surface area contributed by atoms with Gasteiger partial charge in [0.05, 0.1) is 0 Å². The van der Waals surface area contributed by atoms with Crippen molar-refractivity contribution in [3.8, 4) is 0 Å². The van der Waals surface area contributed by atoms with Crippen molar-refractivity contribution in [2.75, 3.05) is 0 Å². The van der Waals surface area contributed by atoms with E-state index < -0.39 is 5.97 Å². The van der Waals surface area contributed by atoms with Gasteiger partial charge >= 0.3 is 5.97 Å². The Bertz CT molecular complexity index is 713. The van der Waals surface area contributed by atoms with Crippen molar-refractivity contribution in [3.05, 3.63) is 58.0 Å². The lowest BCUT2D eigenvalue weighted by atomic mass is 9.98. The van der Waals surface area contributed by atoms with E-state index in [1.54, 1.807) is 12.1 Å². The van der Waals surface area contributed by atoms with E-state index in [1.165, 1.54) is 0 Å². The maximum atomic E-state index is 11.2. The number of allylic oxidation sites excluding steroid dienone is 2. The van der Waals surface area contributed by atoms with Crippen LogP contribution in [0.2, 0.25) is 5.02 Å². The first-order valence-electron chi connectivity index (χ1n) is 5.46. The molecule has 1 aromatic carbocycles. The van der Waals surface area contributed by atoms with E-state index >= 15 is 0 Å². The summed E-state index contributed by atoms with van der Waals surface area (Å²) >= 11 is 5.92. The zero-order valence-electron chi connectivity index (χ0n) is 9.26. The third-order valence-electron chi connectivity index (χ3n) is 2.96. The van der Waals surface area contributed by atoms with Gasteiger partial charge < -0.3 is 9.84 Å². The third-order valence-corrected chi connectivity index (χ3v) is 3.19. The van der Waals surface area contributed by atoms with Gasteiger partial charge in [0.15, 0.2) is 0 Å². The van der Waals surface area contributed by atoms with E-state index in [-0.39, 0.29) is 11.9 Å². The smallest absolute Gasteiger partial charge is 0.371 e. The average Bonchev–Trinajstić information content (AvgIpc) is 2.37. The van der Waals surface area contributed by atoms with Crippen LogP contribution in [0.5, 0.6) is 0 Å². The van der Waals surface area contributed by atoms with Crippen molar-refractivity contribution in [1.29, 1.82) is 0 Å². The average molecular weight is 261 g/mol. The molecule has 0 bridgehead atoms. The van der Waals surface area contributed by atoms with E-state index in [1.807, 2.05) is 30.4 Å². The van der Waals surface area contributed by atoms with Crippen molar-refractivity contribution in [3.63, 3.8) is 0 Å². The highest BCUT2D eigenvalue weighted by atomic mass is 35.5. The SMILES string of the molecule is O=C(O)C1=c2cc(Cl)ccc2=C2C=CC=CC2O1. The fourth-order valence-corrected chi connectivity index (χ4v) is 2.35. The molecule has 0 spiro atoms. The predicted molar refractivity (Wildman–Crippen MR) is 68.3 cm³/mol. The Hall–Kier alpha value is -2.00. The van der Waals surface area contributed by atoms with Crippen LogP contribution < -0.4 is 10.4 Å². The van der Waals surface area contributed by atoms with E-state index in [0.29, 0.717) is 10.2 Å². The van der Waals surface area contributed by atoms with E-state index in [9.17, 15) is 9.90 Å². The molecule has 1 unspecified atom stereocenters. The number of ether oxygens (including phenoxy) is 1. The Kier molecular flexibility index (Phi) is 2.49. The highest BCUT2D eigenvalue weighted by molar-refractivity contribution is 6.30. The minimum atomic E-state index is -1.08. The molecule has 1 heterocycles. The Labute approximate surface area is 108 Å². The number of halogens is 1. The summed E-state index contributed by atoms with van der Waals surface area (Å²) in [6.07, 6.45) is 7.16. The first-order valence-corrected chi connectivity index (χ1v) is 5.83. The lowest BCUT2D eigenvalue weighted by Gasteiger charge is -2.23. The highest BCUT2D eigenvalue weighted by Gasteiger charge is 2.24. The molecular weight excluding hydrogens is 252 g/mol. The largest absolute Gasteiger partial charge is 0.475 e. The lowest BCUT2D eigenvalue weighted by Crippen LogP contribution is -2.40. The summed E-state index contributed by atoms with van der Waals surface area (Å²) in [4.78, 5) is 11.2. The summed E-state index contributed by atoms with van der Waals surface area (Å²) in [5.74, 6) is -1.14. The normalized spacial score (nSPS) is 20.2. The highest BCUT2D eigenvalue weighted by Crippen LogP contribution is 2.20. The van der Waals surface area contributed by atoms with E-state index in [0.717, 1.165) is 10.8 Å². The second-order valence-electron chi connectivity index (χ2n) is 4.06. The second kappa shape index (κ2) is 4.03. The van der Waals surface area contributed by atoms with Gasteiger partial charge in [-0.1, -0.05) is 35.9 Å². The number of benzene rings is 1. The molecule has 0 aromatic heterocycles. The van der Waals surface area contributed by atoms with E-state index in [4.69, 9.17) is 16.3 Å². The van der Waals surface area contributed by atoms with Crippen molar-refractivity contribution < 1.29 is 14.6 Å². The molecule has 2 aliphatic rings. The fourth-order valence-electron chi connectivity index (χ4n) is 2.18. The van der Waals surface area contributed by atoms with Crippen LogP contribution in [-0.2, 0) is 9.53 Å². The van der Waals surface area contributed by atoms with Gasteiger partial charge in [-0.2, -0.15) is 0 Å². The molecule has 1 aromatic rings. The van der Waals surface area contributed by atoms with Gasteiger partial charge in [0, 0.05) is 15.8 Å². The zero-order valence-corrected chi connectivity index (χ0v) is 10.0. The molecule has 3 nitrogen and oxygen atoms in total. The standard InChI is InChI=1S/C14H9ClO3/c15-8-5-6-9-10-3-1-2-4-12(10)18-13(14(16)17)11(9)7-8/h1-7,12H,(H,16,17). The zero-order chi connectivity index (χ0) is 12.7. The molecule has 18 heavy (non-hydrogen) atoms. The van der Waals surface area contributed by atoms with Crippen molar-refractivity contribution in [1.82, 2.24) is 0 Å².